The summed E-state index contributed by atoms with van der Waals surface area (Å²) in [5.74, 6) is -0.862. The highest BCUT2D eigenvalue weighted by Gasteiger charge is 2.23. The standard InChI is InChI=1S/C25H21N3O4.C25H19N3O2S/c1-17-12-13-21-27-22(24(30)26-14-20(29)19-10-6-3-7-11-19)23(25(31)28(21)15-17)32-16-18-8-4-2-5-9-18;1-17-12-13-21-27-22(24-26-14-20(31-24)19-10-6-3-7-11-19)23(25(29)28(21)15-17)30-16-18-8-4-2-5-9-18/h2-13,15H,14,16H2,1H3,(H,26,30);2-15H,16H2,1H3. The Balaban J connectivity index is 0.000000173. The van der Waals surface area contributed by atoms with Gasteiger partial charge in [-0.25, -0.2) is 15.0 Å². The van der Waals surface area contributed by atoms with Crippen LogP contribution in [0.15, 0.2) is 174 Å². The van der Waals surface area contributed by atoms with E-state index >= 15 is 0 Å². The molecule has 5 heterocycles. The zero-order valence-electron chi connectivity index (χ0n) is 34.3. The van der Waals surface area contributed by atoms with E-state index in [0.717, 1.165) is 32.7 Å². The number of nitrogens with one attached hydrogen (secondary N) is 1. The molecule has 1 N–H and O–H groups in total. The number of hydrogen-bond donors (Lipinski definition) is 1. The van der Waals surface area contributed by atoms with Gasteiger partial charge < -0.3 is 14.8 Å². The van der Waals surface area contributed by atoms with E-state index in [2.05, 4.69) is 15.3 Å². The van der Waals surface area contributed by atoms with Crippen LogP contribution in [-0.2, 0) is 13.2 Å². The van der Waals surface area contributed by atoms with Gasteiger partial charge in [-0.05, 0) is 53.8 Å². The highest BCUT2D eigenvalue weighted by atomic mass is 32.1. The van der Waals surface area contributed by atoms with E-state index in [9.17, 15) is 19.2 Å². The fourth-order valence-electron chi connectivity index (χ4n) is 6.57. The molecule has 0 aliphatic carbocycles. The maximum atomic E-state index is 13.3. The number of carbonyl (C=O) groups excluding carboxylic acids is 2. The van der Waals surface area contributed by atoms with Crippen LogP contribution in [0, 0.1) is 13.8 Å². The number of thiazole rings is 1. The Bertz CT molecular complexity index is 3170. The maximum absolute atomic E-state index is 13.3. The summed E-state index contributed by atoms with van der Waals surface area (Å²) in [6.07, 6.45) is 5.23. The van der Waals surface area contributed by atoms with Crippen LogP contribution in [-0.4, -0.2) is 42.0 Å². The largest absolute Gasteiger partial charge is 0.481 e. The topological polar surface area (TPSA) is 146 Å². The summed E-state index contributed by atoms with van der Waals surface area (Å²) in [4.78, 5) is 66.5. The number of Topliss-reactive ketones (excluding diaryl/α,β-unsaturated/α-hetero) is 1. The normalized spacial score (nSPS) is 10.8. The summed E-state index contributed by atoms with van der Waals surface area (Å²) >= 11 is 1.49. The molecule has 0 bridgehead atoms. The van der Waals surface area contributed by atoms with Crippen LogP contribution in [0.1, 0.15) is 43.1 Å². The van der Waals surface area contributed by atoms with Crippen molar-refractivity contribution in [2.75, 3.05) is 6.54 Å². The van der Waals surface area contributed by atoms with Crippen LogP contribution in [0.3, 0.4) is 0 Å². The minimum Gasteiger partial charge on any atom is -0.481 e. The molecule has 0 radical (unpaired) electrons. The van der Waals surface area contributed by atoms with Crippen LogP contribution >= 0.6 is 11.3 Å². The van der Waals surface area contributed by atoms with Gasteiger partial charge in [0.2, 0.25) is 11.5 Å². The number of carbonyl (C=O) groups is 2. The molecule has 312 valence electrons. The predicted octanol–water partition coefficient (Wildman–Crippen LogP) is 8.57. The van der Waals surface area contributed by atoms with Crippen molar-refractivity contribution < 1.29 is 19.1 Å². The van der Waals surface area contributed by atoms with E-state index in [1.165, 1.54) is 20.1 Å². The van der Waals surface area contributed by atoms with Gasteiger partial charge in [-0.15, -0.1) is 11.3 Å². The van der Waals surface area contributed by atoms with Gasteiger partial charge in [-0.1, -0.05) is 133 Å². The summed E-state index contributed by atoms with van der Waals surface area (Å²) in [6.45, 7) is 3.94. The van der Waals surface area contributed by atoms with Crippen LogP contribution in [0.2, 0.25) is 0 Å². The number of pyridine rings is 2. The van der Waals surface area contributed by atoms with Crippen molar-refractivity contribution in [3.8, 4) is 32.6 Å². The molecule has 0 fully saturated rings. The summed E-state index contributed by atoms with van der Waals surface area (Å²) < 4.78 is 14.7. The van der Waals surface area contributed by atoms with Crippen LogP contribution < -0.4 is 25.9 Å². The monoisotopic (exact) mass is 852 g/mol. The maximum Gasteiger partial charge on any atom is 0.301 e. The first-order chi connectivity index (χ1) is 30.7. The number of fused-ring (bicyclic) bond motifs is 2. The second-order valence-corrected chi connectivity index (χ2v) is 15.5. The molecule has 0 unspecified atom stereocenters. The molecule has 0 aliphatic heterocycles. The van der Waals surface area contributed by atoms with Crippen molar-refractivity contribution in [3.63, 3.8) is 0 Å². The Hall–Kier alpha value is -8.03. The first kappa shape index (κ1) is 41.7. The third-order valence-corrected chi connectivity index (χ3v) is 10.9. The predicted molar refractivity (Wildman–Crippen MR) is 244 cm³/mol. The van der Waals surface area contributed by atoms with Gasteiger partial charge in [0.05, 0.1) is 11.4 Å². The molecule has 0 aliphatic rings. The van der Waals surface area contributed by atoms with Crippen LogP contribution in [0.4, 0.5) is 0 Å². The molecular weight excluding hydrogens is 813 g/mol. The molecule has 5 aromatic heterocycles. The lowest BCUT2D eigenvalue weighted by molar-refractivity contribution is 0.0897. The van der Waals surface area contributed by atoms with E-state index < -0.39 is 11.5 Å². The molecule has 12 nitrogen and oxygen atoms in total. The Labute approximate surface area is 365 Å². The van der Waals surface area contributed by atoms with E-state index in [0.29, 0.717) is 27.6 Å². The number of amides is 1. The van der Waals surface area contributed by atoms with Crippen LogP contribution in [0.25, 0.3) is 32.4 Å². The molecule has 4 aromatic carbocycles. The van der Waals surface area contributed by atoms with E-state index in [1.807, 2.05) is 123 Å². The van der Waals surface area contributed by atoms with Gasteiger partial charge in [0, 0.05) is 24.2 Å². The number of rotatable bonds is 12. The van der Waals surface area contributed by atoms with Crippen molar-refractivity contribution in [1.29, 1.82) is 0 Å². The fourth-order valence-corrected chi connectivity index (χ4v) is 7.47. The van der Waals surface area contributed by atoms with Crippen molar-refractivity contribution in [3.05, 3.63) is 218 Å². The number of hydrogen-bond acceptors (Lipinski definition) is 10. The zero-order valence-corrected chi connectivity index (χ0v) is 35.1. The lowest BCUT2D eigenvalue weighted by Gasteiger charge is -2.13. The van der Waals surface area contributed by atoms with Crippen LogP contribution in [0.5, 0.6) is 11.5 Å². The lowest BCUT2D eigenvalue weighted by atomic mass is 10.1. The number of benzene rings is 4. The molecule has 0 saturated carbocycles. The second kappa shape index (κ2) is 19.1. The quantitative estimate of drug-likeness (QED) is 0.120. The molecule has 0 saturated heterocycles. The Morgan fingerprint density at radius 3 is 1.71 bits per heavy atom. The van der Waals surface area contributed by atoms with Gasteiger partial charge in [-0.3, -0.25) is 28.0 Å². The summed E-state index contributed by atoms with van der Waals surface area (Å²) in [7, 11) is 0. The lowest BCUT2D eigenvalue weighted by Crippen LogP contribution is -2.33. The molecule has 63 heavy (non-hydrogen) atoms. The zero-order chi connectivity index (χ0) is 43.7. The second-order valence-electron chi connectivity index (χ2n) is 14.5. The minimum atomic E-state index is -0.655. The van der Waals surface area contributed by atoms with Gasteiger partial charge in [0.25, 0.3) is 5.91 Å². The number of nitrogens with zero attached hydrogens (tertiary/aromatic N) is 5. The molecule has 9 rings (SSSR count). The van der Waals surface area contributed by atoms with Gasteiger partial charge in [-0.2, -0.15) is 0 Å². The van der Waals surface area contributed by atoms with E-state index in [1.54, 1.807) is 54.9 Å². The molecule has 1 amide bonds. The first-order valence-corrected chi connectivity index (χ1v) is 20.8. The third-order valence-electron chi connectivity index (χ3n) is 9.80. The van der Waals surface area contributed by atoms with E-state index in [-0.39, 0.29) is 48.3 Å². The number of ether oxygens (including phenoxy) is 2. The average molecular weight is 853 g/mol. The SMILES string of the molecule is Cc1ccc2nc(-c3ncc(-c4ccccc4)s3)c(OCc3ccccc3)c(=O)n2c1.Cc1ccc2nc(C(=O)NCC(=O)c3ccccc3)c(OCc3ccccc3)c(=O)n2c1. The number of aryl methyl sites for hydroxylation is 2. The first-order valence-electron chi connectivity index (χ1n) is 20.0. The summed E-state index contributed by atoms with van der Waals surface area (Å²) in [5, 5.41) is 3.21. The van der Waals surface area contributed by atoms with Crippen molar-refractivity contribution in [2.24, 2.45) is 0 Å². The molecular formula is C50H40N6O6S. The van der Waals surface area contributed by atoms with Gasteiger partial charge in [0.1, 0.15) is 35.2 Å². The molecule has 0 atom stereocenters. The number of aromatic nitrogens is 5. The molecule has 13 heteroatoms. The Morgan fingerprint density at radius 1 is 0.619 bits per heavy atom. The Kier molecular flexibility index (Phi) is 12.7. The van der Waals surface area contributed by atoms with Gasteiger partial charge in [0.15, 0.2) is 11.5 Å². The highest BCUT2D eigenvalue weighted by molar-refractivity contribution is 7.18. The van der Waals surface area contributed by atoms with Crippen molar-refractivity contribution >= 4 is 34.3 Å². The number of ketones is 1. The summed E-state index contributed by atoms with van der Waals surface area (Å²) in [6, 6.07) is 45.0. The highest BCUT2D eigenvalue weighted by Crippen LogP contribution is 2.34. The molecule has 9 aromatic rings. The van der Waals surface area contributed by atoms with Gasteiger partial charge >= 0.3 is 11.1 Å². The fraction of sp³-hybridized carbons (Fsp3) is 0.100. The van der Waals surface area contributed by atoms with E-state index in [4.69, 9.17) is 14.5 Å². The minimum absolute atomic E-state index is 0.0961. The van der Waals surface area contributed by atoms with Crippen molar-refractivity contribution in [2.45, 2.75) is 27.1 Å². The smallest absolute Gasteiger partial charge is 0.301 e. The van der Waals surface area contributed by atoms with Crippen molar-refractivity contribution in [1.82, 2.24) is 29.1 Å². The summed E-state index contributed by atoms with van der Waals surface area (Å²) in [5.41, 5.74) is 5.67. The average Bonchev–Trinajstić information content (AvgIpc) is 3.82. The molecule has 0 spiro atoms. The third kappa shape index (κ3) is 9.80. The Morgan fingerprint density at radius 2 is 1.13 bits per heavy atom.